The van der Waals surface area contributed by atoms with Gasteiger partial charge in [0.2, 0.25) is 5.95 Å². The minimum absolute atomic E-state index is 0.274. The first kappa shape index (κ1) is 21.5. The van der Waals surface area contributed by atoms with Crippen molar-refractivity contribution in [1.82, 2.24) is 9.97 Å². The molecule has 0 bridgehead atoms. The molecule has 0 amide bonds. The molecule has 1 saturated carbocycles. The summed E-state index contributed by atoms with van der Waals surface area (Å²) in [4.78, 5) is 10.5. The van der Waals surface area contributed by atoms with Gasteiger partial charge in [0.15, 0.2) is 9.84 Å². The summed E-state index contributed by atoms with van der Waals surface area (Å²) in [5.74, 6) is 1.94. The number of hydrogen-bond acceptors (Lipinski definition) is 6. The molecule has 6 nitrogen and oxygen atoms in total. The Morgan fingerprint density at radius 3 is 2.57 bits per heavy atom. The fourth-order valence-corrected chi connectivity index (χ4v) is 5.13. The quantitative estimate of drug-likeness (QED) is 0.635. The van der Waals surface area contributed by atoms with Crippen molar-refractivity contribution >= 4 is 27.4 Å². The number of anilines is 1. The van der Waals surface area contributed by atoms with Crippen molar-refractivity contribution in [2.24, 2.45) is 17.8 Å². The highest BCUT2D eigenvalue weighted by Gasteiger charge is 2.43. The van der Waals surface area contributed by atoms with E-state index >= 15 is 0 Å². The van der Waals surface area contributed by atoms with E-state index in [1.807, 2.05) is 0 Å². The van der Waals surface area contributed by atoms with E-state index in [2.05, 4.69) is 14.9 Å². The lowest BCUT2D eigenvalue weighted by Crippen LogP contribution is -2.35. The van der Waals surface area contributed by atoms with Crippen LogP contribution in [0.3, 0.4) is 0 Å². The van der Waals surface area contributed by atoms with Gasteiger partial charge in [0.1, 0.15) is 10.7 Å². The normalized spacial score (nSPS) is 22.3. The summed E-state index contributed by atoms with van der Waals surface area (Å²) >= 11 is 5.85. The molecular weight excluding hydrogens is 429 g/mol. The van der Waals surface area contributed by atoms with Crippen molar-refractivity contribution in [3.63, 3.8) is 0 Å². The van der Waals surface area contributed by atoms with Crippen LogP contribution in [0.5, 0.6) is 0 Å². The average molecular weight is 454 g/mol. The van der Waals surface area contributed by atoms with E-state index in [0.717, 1.165) is 38.1 Å². The molecule has 0 spiro atoms. The van der Waals surface area contributed by atoms with Gasteiger partial charge in [-0.05, 0) is 54.7 Å². The van der Waals surface area contributed by atoms with E-state index < -0.39 is 15.7 Å². The monoisotopic (exact) mass is 453 g/mol. The fraction of sp³-hybridized carbons (Fsp3) is 0.524. The van der Waals surface area contributed by atoms with Gasteiger partial charge in [-0.25, -0.2) is 22.8 Å². The van der Waals surface area contributed by atoms with Crippen molar-refractivity contribution in [2.45, 2.75) is 30.8 Å². The molecule has 1 aliphatic heterocycles. The van der Waals surface area contributed by atoms with Crippen molar-refractivity contribution in [3.05, 3.63) is 47.0 Å². The number of nitrogens with zero attached hydrogens (tertiary/aromatic N) is 3. The second-order valence-corrected chi connectivity index (χ2v) is 10.7. The maximum atomic E-state index is 14.0. The summed E-state index contributed by atoms with van der Waals surface area (Å²) in [6.07, 6.45) is 7.66. The van der Waals surface area contributed by atoms with Crippen LogP contribution < -0.4 is 4.90 Å². The molecule has 2 aromatic rings. The highest BCUT2D eigenvalue weighted by molar-refractivity contribution is 7.90. The van der Waals surface area contributed by atoms with E-state index in [1.165, 1.54) is 18.6 Å². The predicted octanol–water partition coefficient (Wildman–Crippen LogP) is 3.74. The Labute approximate surface area is 181 Å². The first-order chi connectivity index (χ1) is 14.3. The van der Waals surface area contributed by atoms with Crippen LogP contribution in [0.25, 0.3) is 0 Å². The Balaban J connectivity index is 1.20. The summed E-state index contributed by atoms with van der Waals surface area (Å²) in [6.45, 7) is 2.84. The average Bonchev–Trinajstić information content (AvgIpc) is 3.47. The van der Waals surface area contributed by atoms with E-state index in [9.17, 15) is 12.8 Å². The SMILES string of the molecule is CS(=O)(=O)c1ccc(COC[C@H]2C[C@@H]2C2CCN(c3ncc(Cl)cn3)CC2)cc1F. The Morgan fingerprint density at radius 1 is 1.23 bits per heavy atom. The van der Waals surface area contributed by atoms with Crippen molar-refractivity contribution in [3.8, 4) is 0 Å². The van der Waals surface area contributed by atoms with Gasteiger partial charge >= 0.3 is 0 Å². The van der Waals surface area contributed by atoms with Crippen LogP contribution in [0.15, 0.2) is 35.5 Å². The second-order valence-electron chi connectivity index (χ2n) is 8.24. The summed E-state index contributed by atoms with van der Waals surface area (Å²) in [7, 11) is -3.55. The molecule has 0 radical (unpaired) electrons. The Bertz CT molecular complexity index is 995. The Hall–Kier alpha value is -1.77. The van der Waals surface area contributed by atoms with Crippen LogP contribution in [0.2, 0.25) is 5.02 Å². The number of ether oxygens (including phenoxy) is 1. The molecule has 1 aliphatic carbocycles. The Morgan fingerprint density at radius 2 is 1.93 bits per heavy atom. The minimum Gasteiger partial charge on any atom is -0.376 e. The topological polar surface area (TPSA) is 72.4 Å². The lowest BCUT2D eigenvalue weighted by molar-refractivity contribution is 0.104. The zero-order valence-electron chi connectivity index (χ0n) is 16.8. The first-order valence-corrected chi connectivity index (χ1v) is 12.4. The van der Waals surface area contributed by atoms with Crippen molar-refractivity contribution in [2.75, 3.05) is 30.9 Å². The molecule has 2 atom stereocenters. The van der Waals surface area contributed by atoms with Crippen molar-refractivity contribution in [1.29, 1.82) is 0 Å². The van der Waals surface area contributed by atoms with Crippen molar-refractivity contribution < 1.29 is 17.5 Å². The number of hydrogen-bond donors (Lipinski definition) is 0. The van der Waals surface area contributed by atoms with Gasteiger partial charge in [0.05, 0.1) is 30.6 Å². The van der Waals surface area contributed by atoms with Crippen LogP contribution in [0.1, 0.15) is 24.8 Å². The number of rotatable bonds is 7. The maximum absolute atomic E-state index is 14.0. The molecule has 0 N–H and O–H groups in total. The fourth-order valence-electron chi connectivity index (χ4n) is 4.30. The predicted molar refractivity (Wildman–Crippen MR) is 113 cm³/mol. The minimum atomic E-state index is -3.55. The number of piperidine rings is 1. The number of halogens is 2. The summed E-state index contributed by atoms with van der Waals surface area (Å²) in [5.41, 5.74) is 0.647. The van der Waals surface area contributed by atoms with Gasteiger partial charge in [0.25, 0.3) is 0 Å². The lowest BCUT2D eigenvalue weighted by Gasteiger charge is -2.32. The van der Waals surface area contributed by atoms with Gasteiger partial charge in [-0.2, -0.15) is 0 Å². The zero-order chi connectivity index (χ0) is 21.3. The van der Waals surface area contributed by atoms with Crippen LogP contribution in [-0.4, -0.2) is 44.3 Å². The standard InChI is InChI=1S/C21H25ClFN3O3S/c1-30(27,28)20-3-2-14(8-19(20)23)12-29-13-16-9-18(16)15-4-6-26(7-5-15)21-24-10-17(22)11-25-21/h2-3,8,10-11,15-16,18H,4-7,9,12-13H2,1H3/t16-,18-/m1/s1. The third-order valence-electron chi connectivity index (χ3n) is 6.01. The van der Waals surface area contributed by atoms with Crippen LogP contribution in [-0.2, 0) is 21.2 Å². The smallest absolute Gasteiger partial charge is 0.225 e. The molecule has 2 aliphatic rings. The lowest BCUT2D eigenvalue weighted by atomic mass is 9.91. The number of aromatic nitrogens is 2. The number of benzene rings is 1. The van der Waals surface area contributed by atoms with Gasteiger partial charge in [0, 0.05) is 19.3 Å². The molecule has 2 fully saturated rings. The molecule has 162 valence electrons. The van der Waals surface area contributed by atoms with Crippen LogP contribution in [0, 0.1) is 23.6 Å². The van der Waals surface area contributed by atoms with E-state index in [1.54, 1.807) is 18.5 Å². The van der Waals surface area contributed by atoms with E-state index in [0.29, 0.717) is 34.9 Å². The Kier molecular flexibility index (Phi) is 6.27. The molecule has 9 heteroatoms. The number of sulfone groups is 1. The highest BCUT2D eigenvalue weighted by atomic mass is 35.5. The molecule has 1 aromatic carbocycles. The summed E-state index contributed by atoms with van der Waals surface area (Å²) in [6, 6.07) is 4.16. The molecule has 1 saturated heterocycles. The van der Waals surface area contributed by atoms with Crippen LogP contribution in [0.4, 0.5) is 10.3 Å². The van der Waals surface area contributed by atoms with Gasteiger partial charge in [-0.1, -0.05) is 17.7 Å². The first-order valence-electron chi connectivity index (χ1n) is 10.1. The summed E-state index contributed by atoms with van der Waals surface area (Å²) in [5, 5.41) is 0.545. The van der Waals surface area contributed by atoms with Crippen LogP contribution >= 0.6 is 11.6 Å². The molecule has 1 aromatic heterocycles. The highest BCUT2D eigenvalue weighted by Crippen LogP contribution is 2.48. The molecule has 30 heavy (non-hydrogen) atoms. The second kappa shape index (κ2) is 8.77. The zero-order valence-corrected chi connectivity index (χ0v) is 18.4. The largest absolute Gasteiger partial charge is 0.376 e. The third kappa shape index (κ3) is 5.10. The van der Waals surface area contributed by atoms with Gasteiger partial charge < -0.3 is 9.64 Å². The van der Waals surface area contributed by atoms with E-state index in [-0.39, 0.29) is 11.5 Å². The third-order valence-corrected chi connectivity index (χ3v) is 7.33. The molecular formula is C21H25ClFN3O3S. The summed E-state index contributed by atoms with van der Waals surface area (Å²) < 4.78 is 42.7. The van der Waals surface area contributed by atoms with E-state index in [4.69, 9.17) is 16.3 Å². The molecule has 4 rings (SSSR count). The maximum Gasteiger partial charge on any atom is 0.225 e. The molecule has 0 unspecified atom stereocenters. The van der Waals surface area contributed by atoms with Gasteiger partial charge in [-0.15, -0.1) is 0 Å². The van der Waals surface area contributed by atoms with Gasteiger partial charge in [-0.3, -0.25) is 0 Å². The molecule has 2 heterocycles.